The Bertz CT molecular complexity index is 427. The largest absolute Gasteiger partial charge is 0.455 e. The highest BCUT2D eigenvalue weighted by molar-refractivity contribution is 6.74. The Hall–Kier alpha value is -0.693. The number of aliphatic hydroxyl groups excluding tert-OH is 1. The Kier molecular flexibility index (Phi) is 7.01. The van der Waals surface area contributed by atoms with E-state index in [-0.39, 0.29) is 35.7 Å². The summed E-state index contributed by atoms with van der Waals surface area (Å²) in [6, 6.07) is 0. The van der Waals surface area contributed by atoms with Crippen LogP contribution in [-0.4, -0.2) is 50.9 Å². The van der Waals surface area contributed by atoms with Crippen LogP contribution >= 0.6 is 0 Å². The lowest BCUT2D eigenvalue weighted by molar-refractivity contribution is -0.158. The van der Waals surface area contributed by atoms with Gasteiger partial charge in [0.25, 0.3) is 0 Å². The molecule has 5 nitrogen and oxygen atoms in total. The predicted molar refractivity (Wildman–Crippen MR) is 92.8 cm³/mol. The topological polar surface area (TPSA) is 65.0 Å². The van der Waals surface area contributed by atoms with Crippen LogP contribution in [0.15, 0.2) is 12.2 Å². The molecule has 1 aliphatic rings. The molecule has 1 heterocycles. The molecule has 0 unspecified atom stereocenters. The lowest BCUT2D eigenvalue weighted by Gasteiger charge is -2.39. The first-order chi connectivity index (χ1) is 10.5. The van der Waals surface area contributed by atoms with Gasteiger partial charge in [-0.1, -0.05) is 33.8 Å². The maximum atomic E-state index is 11.3. The number of aliphatic hydroxyl groups is 1. The predicted octanol–water partition coefficient (Wildman–Crippen LogP) is 2.89. The SMILES string of the molecule is CC(=O)O[C@H]1C=C[C@@H]([C@@H](C)CO)O[C@@H]1CO[Si](C)(C)C(C)(C)C. The molecule has 0 aromatic heterocycles. The molecule has 0 fully saturated rings. The van der Waals surface area contributed by atoms with Gasteiger partial charge in [-0.3, -0.25) is 4.79 Å². The molecule has 134 valence electrons. The van der Waals surface area contributed by atoms with Crippen molar-refractivity contribution in [3.05, 3.63) is 12.2 Å². The van der Waals surface area contributed by atoms with Gasteiger partial charge in [-0.2, -0.15) is 0 Å². The molecule has 6 heteroatoms. The van der Waals surface area contributed by atoms with Gasteiger partial charge < -0.3 is 19.0 Å². The lowest BCUT2D eigenvalue weighted by Crippen LogP contribution is -2.48. The number of hydrogen-bond donors (Lipinski definition) is 1. The van der Waals surface area contributed by atoms with Crippen LogP contribution in [-0.2, 0) is 18.7 Å². The maximum Gasteiger partial charge on any atom is 0.303 e. The van der Waals surface area contributed by atoms with Crippen molar-refractivity contribution in [1.29, 1.82) is 0 Å². The van der Waals surface area contributed by atoms with E-state index in [4.69, 9.17) is 13.9 Å². The van der Waals surface area contributed by atoms with Crippen LogP contribution in [0.1, 0.15) is 34.6 Å². The van der Waals surface area contributed by atoms with Gasteiger partial charge >= 0.3 is 5.97 Å². The van der Waals surface area contributed by atoms with Crippen LogP contribution in [0.25, 0.3) is 0 Å². The summed E-state index contributed by atoms with van der Waals surface area (Å²) in [5.41, 5.74) is 0. The minimum Gasteiger partial charge on any atom is -0.455 e. The van der Waals surface area contributed by atoms with Gasteiger partial charge in [-0.05, 0) is 24.2 Å². The summed E-state index contributed by atoms with van der Waals surface area (Å²) < 4.78 is 17.6. The van der Waals surface area contributed by atoms with Gasteiger partial charge in [0.15, 0.2) is 8.32 Å². The van der Waals surface area contributed by atoms with E-state index in [0.29, 0.717) is 6.61 Å². The van der Waals surface area contributed by atoms with Gasteiger partial charge in [-0.25, -0.2) is 0 Å². The molecule has 0 bridgehead atoms. The summed E-state index contributed by atoms with van der Waals surface area (Å²) in [4.78, 5) is 11.3. The smallest absolute Gasteiger partial charge is 0.303 e. The number of ether oxygens (including phenoxy) is 2. The molecule has 0 radical (unpaired) electrons. The van der Waals surface area contributed by atoms with Gasteiger partial charge in [0.05, 0.1) is 12.7 Å². The van der Waals surface area contributed by atoms with E-state index in [1.165, 1.54) is 6.92 Å². The van der Waals surface area contributed by atoms with Gasteiger partial charge in [-0.15, -0.1) is 0 Å². The minimum atomic E-state index is -1.91. The molecular weight excluding hydrogens is 312 g/mol. The van der Waals surface area contributed by atoms with Crippen molar-refractivity contribution in [3.63, 3.8) is 0 Å². The highest BCUT2D eigenvalue weighted by atomic mass is 28.4. The van der Waals surface area contributed by atoms with E-state index in [2.05, 4.69) is 33.9 Å². The third-order valence-corrected chi connectivity index (χ3v) is 9.26. The first-order valence-corrected chi connectivity index (χ1v) is 11.1. The number of esters is 1. The summed E-state index contributed by atoms with van der Waals surface area (Å²) >= 11 is 0. The average molecular weight is 345 g/mol. The first-order valence-electron chi connectivity index (χ1n) is 8.23. The van der Waals surface area contributed by atoms with Crippen LogP contribution in [0, 0.1) is 5.92 Å². The van der Waals surface area contributed by atoms with E-state index in [1.807, 2.05) is 19.1 Å². The molecular formula is C17H32O5Si. The molecule has 0 saturated carbocycles. The van der Waals surface area contributed by atoms with Gasteiger partial charge in [0.1, 0.15) is 12.2 Å². The second-order valence-corrected chi connectivity index (χ2v) is 12.6. The first kappa shape index (κ1) is 20.4. The Labute approximate surface area is 141 Å². The molecule has 1 N–H and O–H groups in total. The van der Waals surface area contributed by atoms with Crippen LogP contribution in [0.5, 0.6) is 0 Å². The molecule has 0 aromatic rings. The summed E-state index contributed by atoms with van der Waals surface area (Å²) in [5, 5.41) is 9.43. The summed E-state index contributed by atoms with van der Waals surface area (Å²) in [5.74, 6) is -0.353. The Morgan fingerprint density at radius 2 is 1.96 bits per heavy atom. The highest BCUT2D eigenvalue weighted by Crippen LogP contribution is 2.37. The summed E-state index contributed by atoms with van der Waals surface area (Å²) in [6.45, 7) is 14.6. The van der Waals surface area contributed by atoms with Crippen molar-refractivity contribution in [3.8, 4) is 0 Å². The van der Waals surface area contributed by atoms with Crippen molar-refractivity contribution in [2.24, 2.45) is 5.92 Å². The number of carbonyl (C=O) groups is 1. The zero-order chi connectivity index (χ0) is 17.8. The van der Waals surface area contributed by atoms with E-state index >= 15 is 0 Å². The fraction of sp³-hybridized carbons (Fsp3) is 0.824. The number of carbonyl (C=O) groups excluding carboxylic acids is 1. The Balaban J connectivity index is 2.81. The van der Waals surface area contributed by atoms with Crippen molar-refractivity contribution >= 4 is 14.3 Å². The normalized spacial score (nSPS) is 26.9. The van der Waals surface area contributed by atoms with E-state index in [0.717, 1.165) is 0 Å². The Morgan fingerprint density at radius 3 is 2.43 bits per heavy atom. The van der Waals surface area contributed by atoms with Gasteiger partial charge in [0.2, 0.25) is 0 Å². The molecule has 0 amide bonds. The van der Waals surface area contributed by atoms with E-state index in [1.54, 1.807) is 0 Å². The molecule has 0 aliphatic carbocycles. The number of hydrogen-bond acceptors (Lipinski definition) is 5. The maximum absolute atomic E-state index is 11.3. The lowest BCUT2D eigenvalue weighted by atomic mass is 10.0. The summed E-state index contributed by atoms with van der Waals surface area (Å²) in [7, 11) is -1.91. The molecule has 0 spiro atoms. The average Bonchev–Trinajstić information content (AvgIpc) is 2.43. The quantitative estimate of drug-likeness (QED) is 0.456. The van der Waals surface area contributed by atoms with Crippen molar-refractivity contribution < 1.29 is 23.8 Å². The second kappa shape index (κ2) is 7.92. The standard InChI is InChI=1S/C17H32O5Si/c1-12(10-18)14-8-9-15(21-13(2)19)16(22-14)11-20-23(6,7)17(3,4)5/h8-9,12,14-16,18H,10-11H2,1-7H3/t12-,14-,15-,16+/m0/s1. The molecule has 0 aromatic carbocycles. The molecule has 1 rings (SSSR count). The number of rotatable bonds is 6. The zero-order valence-electron chi connectivity index (χ0n) is 15.5. The highest BCUT2D eigenvalue weighted by Gasteiger charge is 2.39. The van der Waals surface area contributed by atoms with E-state index in [9.17, 15) is 9.90 Å². The minimum absolute atomic E-state index is 0.0140. The van der Waals surface area contributed by atoms with Crippen LogP contribution in [0.3, 0.4) is 0 Å². The molecule has 1 aliphatic heterocycles. The second-order valence-electron chi connectivity index (χ2n) is 7.83. The van der Waals surface area contributed by atoms with Crippen molar-refractivity contribution in [1.82, 2.24) is 0 Å². The van der Waals surface area contributed by atoms with Crippen molar-refractivity contribution in [2.75, 3.05) is 13.2 Å². The monoisotopic (exact) mass is 344 g/mol. The third kappa shape index (κ3) is 5.71. The molecule has 0 saturated heterocycles. The van der Waals surface area contributed by atoms with Crippen LogP contribution in [0.4, 0.5) is 0 Å². The van der Waals surface area contributed by atoms with Gasteiger partial charge in [0, 0.05) is 19.4 Å². The van der Waals surface area contributed by atoms with E-state index < -0.39 is 14.4 Å². The summed E-state index contributed by atoms with van der Waals surface area (Å²) in [6.07, 6.45) is 2.72. The van der Waals surface area contributed by atoms with Crippen LogP contribution in [0.2, 0.25) is 18.1 Å². The molecule has 4 atom stereocenters. The fourth-order valence-electron chi connectivity index (χ4n) is 2.04. The molecule has 23 heavy (non-hydrogen) atoms. The fourth-order valence-corrected chi connectivity index (χ4v) is 3.06. The Morgan fingerprint density at radius 1 is 1.35 bits per heavy atom. The third-order valence-electron chi connectivity index (χ3n) is 4.75. The zero-order valence-corrected chi connectivity index (χ0v) is 16.5. The van der Waals surface area contributed by atoms with Crippen LogP contribution < -0.4 is 0 Å². The van der Waals surface area contributed by atoms with Crippen molar-refractivity contribution in [2.45, 2.75) is 71.1 Å².